The lowest BCUT2D eigenvalue weighted by Gasteiger charge is -2.29. The van der Waals surface area contributed by atoms with Crippen molar-refractivity contribution in [3.8, 4) is 0 Å². The first-order chi connectivity index (χ1) is 9.75. The molecule has 1 N–H and O–H groups in total. The van der Waals surface area contributed by atoms with Gasteiger partial charge in [0.05, 0.1) is 5.56 Å². The molecule has 0 atom stereocenters. The Morgan fingerprint density at radius 3 is 2.70 bits per heavy atom. The van der Waals surface area contributed by atoms with Crippen LogP contribution >= 0.6 is 0 Å². The third kappa shape index (κ3) is 2.75. The number of carbonyl (C=O) groups excluding carboxylic acids is 1. The number of likely N-dealkylation sites (tertiary alicyclic amines) is 1. The van der Waals surface area contributed by atoms with Crippen LogP contribution in [-0.4, -0.2) is 53.4 Å². The SMILES string of the molecule is Cc1c[nH]c2c1C(=O)N(CCN1CCCCC1)CCC2. The molecule has 1 saturated heterocycles. The zero-order valence-electron chi connectivity index (χ0n) is 12.5. The van der Waals surface area contributed by atoms with Crippen molar-refractivity contribution in [3.63, 3.8) is 0 Å². The van der Waals surface area contributed by atoms with Crippen LogP contribution in [0.1, 0.15) is 47.3 Å². The molecule has 20 heavy (non-hydrogen) atoms. The average molecular weight is 275 g/mol. The Labute approximate surface area is 121 Å². The first-order valence-electron chi connectivity index (χ1n) is 7.94. The van der Waals surface area contributed by atoms with Crippen molar-refractivity contribution in [1.29, 1.82) is 0 Å². The maximum Gasteiger partial charge on any atom is 0.255 e. The quantitative estimate of drug-likeness (QED) is 0.918. The number of aryl methyl sites for hydroxylation is 2. The molecule has 3 rings (SSSR count). The number of hydrogen-bond acceptors (Lipinski definition) is 2. The number of nitrogens with zero attached hydrogens (tertiary/aromatic N) is 2. The fourth-order valence-corrected chi connectivity index (χ4v) is 3.44. The molecule has 1 fully saturated rings. The van der Waals surface area contributed by atoms with E-state index in [2.05, 4.69) is 14.8 Å². The van der Waals surface area contributed by atoms with Gasteiger partial charge in [0.2, 0.25) is 0 Å². The largest absolute Gasteiger partial charge is 0.364 e. The Kier molecular flexibility index (Phi) is 4.10. The van der Waals surface area contributed by atoms with E-state index in [4.69, 9.17) is 0 Å². The van der Waals surface area contributed by atoms with E-state index < -0.39 is 0 Å². The summed E-state index contributed by atoms with van der Waals surface area (Å²) < 4.78 is 0. The summed E-state index contributed by atoms with van der Waals surface area (Å²) in [5, 5.41) is 0. The third-order valence-electron chi connectivity index (χ3n) is 4.65. The van der Waals surface area contributed by atoms with E-state index in [1.807, 2.05) is 13.1 Å². The zero-order valence-corrected chi connectivity index (χ0v) is 12.5. The highest BCUT2D eigenvalue weighted by molar-refractivity contribution is 5.97. The van der Waals surface area contributed by atoms with E-state index in [1.165, 1.54) is 32.4 Å². The van der Waals surface area contributed by atoms with Crippen LogP contribution in [0.2, 0.25) is 0 Å². The van der Waals surface area contributed by atoms with Gasteiger partial charge in [-0.1, -0.05) is 6.42 Å². The maximum absolute atomic E-state index is 12.7. The van der Waals surface area contributed by atoms with Gasteiger partial charge in [-0.05, 0) is 51.3 Å². The van der Waals surface area contributed by atoms with Gasteiger partial charge < -0.3 is 14.8 Å². The van der Waals surface area contributed by atoms with Crippen molar-refractivity contribution in [3.05, 3.63) is 23.0 Å². The van der Waals surface area contributed by atoms with Gasteiger partial charge in [-0.2, -0.15) is 0 Å². The van der Waals surface area contributed by atoms with Gasteiger partial charge >= 0.3 is 0 Å². The number of piperidine rings is 1. The molecular formula is C16H25N3O. The smallest absolute Gasteiger partial charge is 0.255 e. The minimum Gasteiger partial charge on any atom is -0.364 e. The second-order valence-electron chi connectivity index (χ2n) is 6.12. The summed E-state index contributed by atoms with van der Waals surface area (Å²) in [5.41, 5.74) is 3.16. The van der Waals surface area contributed by atoms with Crippen molar-refractivity contribution < 1.29 is 4.79 Å². The zero-order chi connectivity index (χ0) is 13.9. The van der Waals surface area contributed by atoms with Gasteiger partial charge in [0.1, 0.15) is 0 Å². The molecule has 2 aliphatic heterocycles. The van der Waals surface area contributed by atoms with Crippen LogP contribution in [0.5, 0.6) is 0 Å². The van der Waals surface area contributed by atoms with Crippen molar-refractivity contribution >= 4 is 5.91 Å². The predicted molar refractivity (Wildman–Crippen MR) is 80.0 cm³/mol. The Balaban J connectivity index is 1.64. The normalized spacial score (nSPS) is 20.9. The standard InChI is InChI=1S/C16H25N3O/c1-13-12-17-14-6-5-9-19(16(20)15(13)14)11-10-18-7-3-2-4-8-18/h12,17H,2-11H2,1H3. The van der Waals surface area contributed by atoms with Crippen molar-refractivity contribution in [2.75, 3.05) is 32.7 Å². The molecule has 110 valence electrons. The Hall–Kier alpha value is -1.29. The Morgan fingerprint density at radius 2 is 1.90 bits per heavy atom. The lowest BCUT2D eigenvalue weighted by atomic mass is 10.1. The predicted octanol–water partition coefficient (Wildman–Crippen LogP) is 2.20. The fourth-order valence-electron chi connectivity index (χ4n) is 3.44. The summed E-state index contributed by atoms with van der Waals surface area (Å²) in [6, 6.07) is 0. The summed E-state index contributed by atoms with van der Waals surface area (Å²) >= 11 is 0. The van der Waals surface area contributed by atoms with Crippen LogP contribution in [-0.2, 0) is 6.42 Å². The highest BCUT2D eigenvalue weighted by Gasteiger charge is 2.25. The molecular weight excluding hydrogens is 250 g/mol. The number of amides is 1. The summed E-state index contributed by atoms with van der Waals surface area (Å²) in [6.45, 7) is 7.25. The summed E-state index contributed by atoms with van der Waals surface area (Å²) in [4.78, 5) is 20.5. The van der Waals surface area contributed by atoms with Crippen LogP contribution in [0.3, 0.4) is 0 Å². The van der Waals surface area contributed by atoms with E-state index in [0.717, 1.165) is 49.3 Å². The molecule has 0 saturated carbocycles. The number of fused-ring (bicyclic) bond motifs is 1. The van der Waals surface area contributed by atoms with E-state index in [1.54, 1.807) is 0 Å². The van der Waals surface area contributed by atoms with E-state index in [0.29, 0.717) is 0 Å². The molecule has 4 heteroatoms. The van der Waals surface area contributed by atoms with E-state index in [9.17, 15) is 4.79 Å². The molecule has 4 nitrogen and oxygen atoms in total. The van der Waals surface area contributed by atoms with Gasteiger partial charge in [0.25, 0.3) is 5.91 Å². The summed E-state index contributed by atoms with van der Waals surface area (Å²) in [7, 11) is 0. The highest BCUT2D eigenvalue weighted by atomic mass is 16.2. The second kappa shape index (κ2) is 6.00. The van der Waals surface area contributed by atoms with Crippen LogP contribution in [0.4, 0.5) is 0 Å². The van der Waals surface area contributed by atoms with E-state index in [-0.39, 0.29) is 5.91 Å². The van der Waals surface area contributed by atoms with Crippen LogP contribution < -0.4 is 0 Å². The molecule has 1 amide bonds. The molecule has 1 aromatic heterocycles. The maximum atomic E-state index is 12.7. The molecule has 0 aromatic carbocycles. The molecule has 2 aliphatic rings. The van der Waals surface area contributed by atoms with Crippen LogP contribution in [0.15, 0.2) is 6.20 Å². The molecule has 0 aliphatic carbocycles. The van der Waals surface area contributed by atoms with E-state index >= 15 is 0 Å². The monoisotopic (exact) mass is 275 g/mol. The molecule has 1 aromatic rings. The van der Waals surface area contributed by atoms with Gasteiger partial charge in [-0.15, -0.1) is 0 Å². The Bertz CT molecular complexity index is 474. The van der Waals surface area contributed by atoms with Gasteiger partial charge in [0.15, 0.2) is 0 Å². The summed E-state index contributed by atoms with van der Waals surface area (Å²) in [5.74, 6) is 0.230. The van der Waals surface area contributed by atoms with Crippen LogP contribution in [0, 0.1) is 6.92 Å². The van der Waals surface area contributed by atoms with Crippen molar-refractivity contribution in [2.45, 2.75) is 39.0 Å². The van der Waals surface area contributed by atoms with Crippen molar-refractivity contribution in [1.82, 2.24) is 14.8 Å². The average Bonchev–Trinajstić information content (AvgIpc) is 2.75. The number of H-pyrrole nitrogens is 1. The fraction of sp³-hybridized carbons (Fsp3) is 0.688. The minimum atomic E-state index is 0.230. The number of aromatic nitrogens is 1. The molecule has 0 spiro atoms. The highest BCUT2D eigenvalue weighted by Crippen LogP contribution is 2.21. The Morgan fingerprint density at radius 1 is 1.10 bits per heavy atom. The first-order valence-corrected chi connectivity index (χ1v) is 7.94. The minimum absolute atomic E-state index is 0.230. The van der Waals surface area contributed by atoms with Gasteiger partial charge in [0, 0.05) is 31.5 Å². The number of hydrogen-bond donors (Lipinski definition) is 1. The number of rotatable bonds is 3. The molecule has 0 unspecified atom stereocenters. The second-order valence-corrected chi connectivity index (χ2v) is 6.12. The number of aromatic amines is 1. The molecule has 0 radical (unpaired) electrons. The van der Waals surface area contributed by atoms with Gasteiger partial charge in [-0.3, -0.25) is 4.79 Å². The first kappa shape index (κ1) is 13.7. The van der Waals surface area contributed by atoms with Gasteiger partial charge in [-0.25, -0.2) is 0 Å². The van der Waals surface area contributed by atoms with Crippen LogP contribution in [0.25, 0.3) is 0 Å². The lowest BCUT2D eigenvalue weighted by Crippen LogP contribution is -2.40. The summed E-state index contributed by atoms with van der Waals surface area (Å²) in [6.07, 6.45) is 8.03. The number of nitrogens with one attached hydrogen (secondary N) is 1. The topological polar surface area (TPSA) is 39.3 Å². The van der Waals surface area contributed by atoms with Crippen molar-refractivity contribution in [2.24, 2.45) is 0 Å². The lowest BCUT2D eigenvalue weighted by molar-refractivity contribution is 0.0734. The number of carbonyl (C=O) groups is 1. The molecule has 3 heterocycles. The molecule has 0 bridgehead atoms. The third-order valence-corrected chi connectivity index (χ3v) is 4.65.